The maximum Gasteiger partial charge on any atom is 0.410 e. The molecule has 1 fully saturated rings. The highest BCUT2D eigenvalue weighted by atomic mass is 79.9. The van der Waals surface area contributed by atoms with Gasteiger partial charge >= 0.3 is 6.09 Å². The molecule has 0 aliphatic carbocycles. The number of aromatic hydroxyl groups is 1. The molecule has 0 atom stereocenters. The van der Waals surface area contributed by atoms with Crippen LogP contribution in [0.1, 0.15) is 20.8 Å². The molecule has 1 aromatic carbocycles. The molecule has 2 aromatic rings. The fraction of sp³-hybridized carbons (Fsp3) is 0.444. The van der Waals surface area contributed by atoms with Gasteiger partial charge in [0.05, 0.1) is 10.0 Å². The first kappa shape index (κ1) is 18.6. The van der Waals surface area contributed by atoms with Crippen LogP contribution in [0.4, 0.5) is 10.6 Å². The lowest BCUT2D eigenvalue weighted by atomic mass is 10.1. The quantitative estimate of drug-likeness (QED) is 0.789. The molecule has 8 heteroatoms. The molecule has 26 heavy (non-hydrogen) atoms. The third-order valence-electron chi connectivity index (χ3n) is 4.01. The van der Waals surface area contributed by atoms with Crippen LogP contribution in [0.3, 0.4) is 0 Å². The Morgan fingerprint density at radius 2 is 1.96 bits per heavy atom. The van der Waals surface area contributed by atoms with Crippen LogP contribution < -0.4 is 4.90 Å². The van der Waals surface area contributed by atoms with Crippen LogP contribution in [0.2, 0.25) is 0 Å². The lowest BCUT2D eigenvalue weighted by Crippen LogP contribution is -2.50. The van der Waals surface area contributed by atoms with Gasteiger partial charge in [0, 0.05) is 32.2 Å². The van der Waals surface area contributed by atoms with Crippen LogP contribution in [0.25, 0.3) is 11.3 Å². The van der Waals surface area contributed by atoms with E-state index >= 15 is 0 Å². The zero-order valence-electron chi connectivity index (χ0n) is 15.0. The van der Waals surface area contributed by atoms with Crippen LogP contribution in [0.15, 0.2) is 33.3 Å². The summed E-state index contributed by atoms with van der Waals surface area (Å²) in [5, 5.41) is 14.3. The third kappa shape index (κ3) is 4.12. The van der Waals surface area contributed by atoms with Crippen molar-refractivity contribution in [3.05, 3.63) is 28.7 Å². The van der Waals surface area contributed by atoms with E-state index in [9.17, 15) is 9.90 Å². The summed E-state index contributed by atoms with van der Waals surface area (Å²) >= 11 is 3.30. The van der Waals surface area contributed by atoms with Gasteiger partial charge in [0.1, 0.15) is 11.4 Å². The summed E-state index contributed by atoms with van der Waals surface area (Å²) in [5.74, 6) is 1.29. The number of nitrogens with zero attached hydrogens (tertiary/aromatic N) is 3. The number of hydrogen-bond donors (Lipinski definition) is 1. The number of hydrogen-bond acceptors (Lipinski definition) is 6. The minimum atomic E-state index is -0.499. The number of anilines is 1. The largest absolute Gasteiger partial charge is 0.506 e. The Labute approximate surface area is 160 Å². The second-order valence-corrected chi connectivity index (χ2v) is 7.99. The van der Waals surface area contributed by atoms with E-state index in [1.807, 2.05) is 31.7 Å². The Bertz CT molecular complexity index is 792. The molecule has 0 unspecified atom stereocenters. The number of phenolic OH excluding ortho intramolecular Hbond substituents is 1. The smallest absolute Gasteiger partial charge is 0.410 e. The lowest BCUT2D eigenvalue weighted by molar-refractivity contribution is 0.0240. The van der Waals surface area contributed by atoms with Crippen molar-refractivity contribution >= 4 is 27.8 Å². The predicted octanol–water partition coefficient (Wildman–Crippen LogP) is 3.87. The number of rotatable bonds is 2. The molecule has 7 nitrogen and oxygen atoms in total. The highest BCUT2D eigenvalue weighted by molar-refractivity contribution is 9.10. The number of carbonyl (C=O) groups excluding carboxylic acids is 1. The number of para-hydroxylation sites is 1. The number of ether oxygens (including phenoxy) is 1. The van der Waals surface area contributed by atoms with Gasteiger partial charge in [-0.15, -0.1) is 0 Å². The molecular formula is C18H22BrN3O4. The third-order valence-corrected chi connectivity index (χ3v) is 4.65. The second-order valence-electron chi connectivity index (χ2n) is 7.14. The molecule has 1 N–H and O–H groups in total. The van der Waals surface area contributed by atoms with Crippen LogP contribution in [-0.2, 0) is 4.74 Å². The number of benzene rings is 1. The number of piperazine rings is 1. The summed E-state index contributed by atoms with van der Waals surface area (Å²) in [6.07, 6.45) is -0.294. The number of carbonyl (C=O) groups is 1. The van der Waals surface area contributed by atoms with E-state index in [-0.39, 0.29) is 11.8 Å². The summed E-state index contributed by atoms with van der Waals surface area (Å²) < 4.78 is 11.4. The minimum absolute atomic E-state index is 0.116. The second kappa shape index (κ2) is 7.19. The first-order chi connectivity index (χ1) is 12.2. The number of halogens is 1. The molecule has 1 saturated heterocycles. The van der Waals surface area contributed by atoms with Gasteiger partial charge < -0.3 is 24.2 Å². The lowest BCUT2D eigenvalue weighted by Gasteiger charge is -2.35. The van der Waals surface area contributed by atoms with Crippen LogP contribution >= 0.6 is 15.9 Å². The summed E-state index contributed by atoms with van der Waals surface area (Å²) in [6.45, 7) is 7.95. The Morgan fingerprint density at radius 3 is 2.62 bits per heavy atom. The molecule has 1 aliphatic heterocycles. The van der Waals surface area contributed by atoms with Crippen molar-refractivity contribution in [2.24, 2.45) is 0 Å². The van der Waals surface area contributed by atoms with Crippen molar-refractivity contribution in [3.8, 4) is 17.1 Å². The van der Waals surface area contributed by atoms with E-state index in [0.717, 1.165) is 0 Å². The molecule has 1 aliphatic rings. The van der Waals surface area contributed by atoms with Gasteiger partial charge in [-0.05, 0) is 48.8 Å². The maximum atomic E-state index is 12.1. The molecule has 2 heterocycles. The fourth-order valence-corrected chi connectivity index (χ4v) is 3.07. The van der Waals surface area contributed by atoms with E-state index in [1.54, 1.807) is 23.1 Å². The minimum Gasteiger partial charge on any atom is -0.506 e. The fourth-order valence-electron chi connectivity index (χ4n) is 2.70. The first-order valence-corrected chi connectivity index (χ1v) is 9.21. The average Bonchev–Trinajstić information content (AvgIpc) is 3.06. The Hall–Kier alpha value is -2.22. The SMILES string of the molecule is CC(C)(C)OC(=O)N1CCN(c2cc(-c3cccc(Br)c3O)on2)CC1. The summed E-state index contributed by atoms with van der Waals surface area (Å²) in [4.78, 5) is 15.9. The topological polar surface area (TPSA) is 79.0 Å². The van der Waals surface area contributed by atoms with Crippen LogP contribution in [-0.4, -0.2) is 53.0 Å². The number of aromatic nitrogens is 1. The van der Waals surface area contributed by atoms with Crippen molar-refractivity contribution in [3.63, 3.8) is 0 Å². The zero-order chi connectivity index (χ0) is 18.9. The Kier molecular flexibility index (Phi) is 5.13. The van der Waals surface area contributed by atoms with Gasteiger partial charge in [0.2, 0.25) is 0 Å². The Morgan fingerprint density at radius 1 is 1.27 bits per heavy atom. The molecule has 1 aromatic heterocycles. The van der Waals surface area contributed by atoms with Gasteiger partial charge in [0.25, 0.3) is 0 Å². The molecule has 0 radical (unpaired) electrons. The number of phenols is 1. The normalized spacial score (nSPS) is 15.2. The molecule has 0 bridgehead atoms. The van der Waals surface area contributed by atoms with E-state index in [1.165, 1.54) is 0 Å². The highest BCUT2D eigenvalue weighted by Gasteiger charge is 2.27. The van der Waals surface area contributed by atoms with Crippen molar-refractivity contribution in [2.45, 2.75) is 26.4 Å². The molecule has 0 spiro atoms. The first-order valence-electron chi connectivity index (χ1n) is 8.42. The molecule has 0 saturated carbocycles. The standard InChI is InChI=1S/C18H22BrN3O4/c1-18(2,3)25-17(24)22-9-7-21(8-10-22)15-11-14(26-20-15)12-5-4-6-13(19)16(12)23/h4-6,11,23H,7-10H2,1-3H3. The Balaban J connectivity index is 1.65. The summed E-state index contributed by atoms with van der Waals surface area (Å²) in [7, 11) is 0. The van der Waals surface area contributed by atoms with Crippen molar-refractivity contribution in [1.82, 2.24) is 10.1 Å². The monoisotopic (exact) mass is 423 g/mol. The molecule has 3 rings (SSSR count). The summed E-state index contributed by atoms with van der Waals surface area (Å²) in [6, 6.07) is 7.14. The van der Waals surface area contributed by atoms with Gasteiger partial charge in [-0.1, -0.05) is 11.2 Å². The number of amides is 1. The maximum absolute atomic E-state index is 12.1. The van der Waals surface area contributed by atoms with E-state index in [0.29, 0.717) is 47.8 Å². The van der Waals surface area contributed by atoms with Gasteiger partial charge in [-0.2, -0.15) is 0 Å². The van der Waals surface area contributed by atoms with Crippen molar-refractivity contribution in [1.29, 1.82) is 0 Å². The van der Waals surface area contributed by atoms with Crippen LogP contribution in [0.5, 0.6) is 5.75 Å². The van der Waals surface area contributed by atoms with Gasteiger partial charge in [-0.25, -0.2) is 4.79 Å². The molecular weight excluding hydrogens is 402 g/mol. The van der Waals surface area contributed by atoms with Crippen molar-refractivity contribution < 1.29 is 19.2 Å². The van der Waals surface area contributed by atoms with Crippen molar-refractivity contribution in [2.75, 3.05) is 31.1 Å². The highest BCUT2D eigenvalue weighted by Crippen LogP contribution is 2.36. The summed E-state index contributed by atoms with van der Waals surface area (Å²) in [5.41, 5.74) is 0.0757. The van der Waals surface area contributed by atoms with Gasteiger partial charge in [0.15, 0.2) is 11.6 Å². The zero-order valence-corrected chi connectivity index (χ0v) is 16.6. The van der Waals surface area contributed by atoms with E-state index < -0.39 is 5.60 Å². The van der Waals surface area contributed by atoms with Crippen LogP contribution in [0, 0.1) is 0 Å². The predicted molar refractivity (Wildman–Crippen MR) is 101 cm³/mol. The molecule has 1 amide bonds. The molecule has 140 valence electrons. The van der Waals surface area contributed by atoms with Gasteiger partial charge in [-0.3, -0.25) is 0 Å². The van der Waals surface area contributed by atoms with E-state index in [2.05, 4.69) is 21.1 Å². The average molecular weight is 424 g/mol. The van der Waals surface area contributed by atoms with E-state index in [4.69, 9.17) is 9.26 Å².